The van der Waals surface area contributed by atoms with Crippen molar-refractivity contribution >= 4 is 17.9 Å². The van der Waals surface area contributed by atoms with Gasteiger partial charge in [0, 0.05) is 19.3 Å². The van der Waals surface area contributed by atoms with Crippen LogP contribution in [0.3, 0.4) is 0 Å². The number of esters is 3. The number of hydrogen-bond donors (Lipinski definition) is 0. The highest BCUT2D eigenvalue weighted by atomic mass is 16.6. The Bertz CT molecular complexity index is 1450. The third-order valence-corrected chi connectivity index (χ3v) is 14.1. The minimum Gasteiger partial charge on any atom is -0.462 e. The summed E-state index contributed by atoms with van der Waals surface area (Å²) in [7, 11) is 0. The highest BCUT2D eigenvalue weighted by Gasteiger charge is 2.19. The number of ether oxygens (including phenoxy) is 3. The first kappa shape index (κ1) is 72.6. The van der Waals surface area contributed by atoms with Gasteiger partial charge in [0.2, 0.25) is 0 Å². The lowest BCUT2D eigenvalue weighted by atomic mass is 10.0. The van der Waals surface area contributed by atoms with Crippen molar-refractivity contribution in [1.82, 2.24) is 0 Å². The molecule has 1 atom stereocenters. The monoisotopic (exact) mass is 1060 g/mol. The smallest absolute Gasteiger partial charge is 0.306 e. The molecular weight excluding hydrogens is 937 g/mol. The van der Waals surface area contributed by atoms with E-state index < -0.39 is 6.10 Å². The summed E-state index contributed by atoms with van der Waals surface area (Å²) in [5.41, 5.74) is 0. The SMILES string of the molecule is CC/C=C\C/C=C\C/C=C\CCCCCC(=O)OCC(COC(=O)CCCCCCCCCCCCCCCCC/C=C\C/C=C\CCCCCCC)OC(=O)CCCCCCCCC/C=C\C/C=C\CCCCCC. The molecule has 0 aliphatic rings. The predicted octanol–water partition coefficient (Wildman–Crippen LogP) is 22.3. The molecule has 0 aromatic carbocycles. The Morgan fingerprint density at radius 1 is 0.276 bits per heavy atom. The Morgan fingerprint density at radius 2 is 0.513 bits per heavy atom. The largest absolute Gasteiger partial charge is 0.462 e. The van der Waals surface area contributed by atoms with E-state index in [2.05, 4.69) is 106 Å². The second kappa shape index (κ2) is 64.1. The van der Waals surface area contributed by atoms with E-state index in [9.17, 15) is 14.4 Å². The van der Waals surface area contributed by atoms with Gasteiger partial charge in [-0.3, -0.25) is 14.4 Å². The van der Waals surface area contributed by atoms with E-state index in [1.165, 1.54) is 180 Å². The molecule has 0 amide bonds. The molecule has 0 saturated carbocycles. The van der Waals surface area contributed by atoms with Crippen molar-refractivity contribution in [3.63, 3.8) is 0 Å². The van der Waals surface area contributed by atoms with Crippen LogP contribution in [0.4, 0.5) is 0 Å². The third kappa shape index (κ3) is 61.4. The highest BCUT2D eigenvalue weighted by Crippen LogP contribution is 2.16. The fourth-order valence-electron chi connectivity index (χ4n) is 9.23. The van der Waals surface area contributed by atoms with Gasteiger partial charge >= 0.3 is 17.9 Å². The van der Waals surface area contributed by atoms with Crippen LogP contribution < -0.4 is 0 Å². The van der Waals surface area contributed by atoms with Gasteiger partial charge in [-0.05, 0) is 116 Å². The van der Waals surface area contributed by atoms with Gasteiger partial charge in [0.15, 0.2) is 6.10 Å². The van der Waals surface area contributed by atoms with Crippen LogP contribution in [-0.4, -0.2) is 37.2 Å². The Balaban J connectivity index is 4.28. The normalized spacial score (nSPS) is 12.6. The summed E-state index contributed by atoms with van der Waals surface area (Å²) in [6.07, 6.45) is 84.6. The molecule has 0 saturated heterocycles. The molecular formula is C70H122O6. The average Bonchev–Trinajstić information content (AvgIpc) is 3.42. The topological polar surface area (TPSA) is 78.9 Å². The summed E-state index contributed by atoms with van der Waals surface area (Å²) in [5, 5.41) is 0. The van der Waals surface area contributed by atoms with Crippen LogP contribution in [0.5, 0.6) is 0 Å². The molecule has 0 spiro atoms. The third-order valence-electron chi connectivity index (χ3n) is 14.1. The van der Waals surface area contributed by atoms with Crippen LogP contribution in [-0.2, 0) is 28.6 Å². The quantitative estimate of drug-likeness (QED) is 0.0261. The number of hydrogen-bond acceptors (Lipinski definition) is 6. The summed E-state index contributed by atoms with van der Waals surface area (Å²) < 4.78 is 16.9. The first-order valence-corrected chi connectivity index (χ1v) is 32.6. The van der Waals surface area contributed by atoms with E-state index in [1.807, 2.05) is 0 Å². The molecule has 76 heavy (non-hydrogen) atoms. The van der Waals surface area contributed by atoms with Gasteiger partial charge in [0.1, 0.15) is 13.2 Å². The molecule has 6 nitrogen and oxygen atoms in total. The molecule has 0 aliphatic heterocycles. The first-order chi connectivity index (χ1) is 37.5. The summed E-state index contributed by atoms with van der Waals surface area (Å²) in [5.74, 6) is -0.915. The van der Waals surface area contributed by atoms with Crippen molar-refractivity contribution in [3.05, 3.63) is 85.1 Å². The fraction of sp³-hybridized carbons (Fsp3) is 0.757. The van der Waals surface area contributed by atoms with E-state index in [1.54, 1.807) is 0 Å². The van der Waals surface area contributed by atoms with Crippen LogP contribution in [0.15, 0.2) is 85.1 Å². The molecule has 438 valence electrons. The van der Waals surface area contributed by atoms with Crippen molar-refractivity contribution in [2.45, 2.75) is 329 Å². The van der Waals surface area contributed by atoms with Gasteiger partial charge in [-0.25, -0.2) is 0 Å². The second-order valence-electron chi connectivity index (χ2n) is 21.6. The van der Waals surface area contributed by atoms with E-state index in [-0.39, 0.29) is 31.1 Å². The maximum Gasteiger partial charge on any atom is 0.306 e. The van der Waals surface area contributed by atoms with E-state index in [0.29, 0.717) is 19.3 Å². The zero-order valence-electron chi connectivity index (χ0n) is 50.3. The standard InChI is InChI=1S/C70H122O6/c1-4-7-10-13-16-19-22-25-27-29-31-32-33-34-35-36-37-38-39-41-42-45-48-51-54-57-60-63-69(72)75-66-67(65-74-68(71)62-59-56-53-50-47-44-24-21-18-15-12-9-6-3)76-70(73)64-61-58-55-52-49-46-43-40-30-28-26-23-20-17-14-11-8-5-2/h9,12,18,20-23,25,28-31,44,47,67H,4-8,10-11,13-17,19,24,26-27,32-43,45-46,48-66H2,1-3H3/b12-9-,21-18-,23-20-,25-22-,30-28-,31-29-,47-44-. The Morgan fingerprint density at radius 3 is 0.829 bits per heavy atom. The maximum atomic E-state index is 12.9. The van der Waals surface area contributed by atoms with Crippen molar-refractivity contribution in [2.24, 2.45) is 0 Å². The van der Waals surface area contributed by atoms with Crippen molar-refractivity contribution in [1.29, 1.82) is 0 Å². The number of carbonyl (C=O) groups excluding carboxylic acids is 3. The summed E-state index contributed by atoms with van der Waals surface area (Å²) >= 11 is 0. The zero-order valence-corrected chi connectivity index (χ0v) is 50.3. The number of allylic oxidation sites excluding steroid dienone is 14. The Hall–Kier alpha value is -3.41. The number of carbonyl (C=O) groups is 3. The van der Waals surface area contributed by atoms with Gasteiger partial charge in [-0.1, -0.05) is 273 Å². The molecule has 0 fully saturated rings. The van der Waals surface area contributed by atoms with Gasteiger partial charge in [0.05, 0.1) is 0 Å². The minimum atomic E-state index is -0.794. The summed E-state index contributed by atoms with van der Waals surface area (Å²) in [6.45, 7) is 6.50. The molecule has 1 unspecified atom stereocenters. The van der Waals surface area contributed by atoms with E-state index in [0.717, 1.165) is 103 Å². The van der Waals surface area contributed by atoms with Crippen molar-refractivity contribution < 1.29 is 28.6 Å². The Labute approximate surface area is 471 Å². The molecule has 0 aromatic heterocycles. The number of rotatable bonds is 59. The highest BCUT2D eigenvalue weighted by molar-refractivity contribution is 5.71. The molecule has 6 heteroatoms. The van der Waals surface area contributed by atoms with Crippen LogP contribution >= 0.6 is 0 Å². The van der Waals surface area contributed by atoms with E-state index >= 15 is 0 Å². The van der Waals surface area contributed by atoms with Crippen LogP contribution in [0.1, 0.15) is 323 Å². The summed E-state index contributed by atoms with van der Waals surface area (Å²) in [6, 6.07) is 0. The van der Waals surface area contributed by atoms with Gasteiger partial charge in [0.25, 0.3) is 0 Å². The predicted molar refractivity (Wildman–Crippen MR) is 330 cm³/mol. The average molecular weight is 1060 g/mol. The second-order valence-corrected chi connectivity index (χ2v) is 21.6. The van der Waals surface area contributed by atoms with Gasteiger partial charge in [-0.2, -0.15) is 0 Å². The van der Waals surface area contributed by atoms with Crippen LogP contribution in [0, 0.1) is 0 Å². The van der Waals surface area contributed by atoms with E-state index in [4.69, 9.17) is 14.2 Å². The molecule has 0 bridgehead atoms. The van der Waals surface area contributed by atoms with Crippen molar-refractivity contribution in [3.8, 4) is 0 Å². The first-order valence-electron chi connectivity index (χ1n) is 32.6. The van der Waals surface area contributed by atoms with Crippen LogP contribution in [0.2, 0.25) is 0 Å². The molecule has 0 rings (SSSR count). The lowest BCUT2D eigenvalue weighted by Gasteiger charge is -2.18. The molecule has 0 aromatic rings. The zero-order chi connectivity index (χ0) is 55.0. The van der Waals surface area contributed by atoms with Gasteiger partial charge in [-0.15, -0.1) is 0 Å². The lowest BCUT2D eigenvalue weighted by Crippen LogP contribution is -2.30. The molecule has 0 N–H and O–H groups in total. The van der Waals surface area contributed by atoms with Crippen LogP contribution in [0.25, 0.3) is 0 Å². The lowest BCUT2D eigenvalue weighted by molar-refractivity contribution is -0.167. The number of unbranched alkanes of at least 4 members (excludes halogenated alkanes) is 34. The van der Waals surface area contributed by atoms with Gasteiger partial charge < -0.3 is 14.2 Å². The molecule has 0 radical (unpaired) electrons. The van der Waals surface area contributed by atoms with Crippen molar-refractivity contribution in [2.75, 3.05) is 13.2 Å². The maximum absolute atomic E-state index is 12.9. The minimum absolute atomic E-state index is 0.0878. The molecule has 0 heterocycles. The Kier molecular flexibility index (Phi) is 61.2. The fourth-order valence-corrected chi connectivity index (χ4v) is 9.23. The summed E-state index contributed by atoms with van der Waals surface area (Å²) in [4.78, 5) is 38.3. The molecule has 0 aliphatic carbocycles.